The Morgan fingerprint density at radius 1 is 1.26 bits per heavy atom. The number of carbonyl (C=O) groups is 3. The highest BCUT2D eigenvalue weighted by atomic mass is 35.5. The van der Waals surface area contributed by atoms with Crippen LogP contribution in [0.2, 0.25) is 10.0 Å². The zero-order chi connectivity index (χ0) is 24.8. The second kappa shape index (κ2) is 12.9. The topological polar surface area (TPSA) is 134 Å². The number of carbonyl (C=O) groups excluding carboxylic acids is 2. The molecule has 2 aromatic rings. The normalized spacial score (nSPS) is 15.8. The van der Waals surface area contributed by atoms with E-state index in [4.69, 9.17) is 34.2 Å². The lowest BCUT2D eigenvalue weighted by Gasteiger charge is -2.33. The van der Waals surface area contributed by atoms with E-state index in [-0.39, 0.29) is 37.6 Å². The Morgan fingerprint density at radius 2 is 2.00 bits per heavy atom. The summed E-state index contributed by atoms with van der Waals surface area (Å²) in [5, 5.41) is 15.6. The van der Waals surface area contributed by atoms with E-state index >= 15 is 0 Å². The maximum Gasteiger partial charge on any atom is 0.324 e. The first kappa shape index (κ1) is 28.7. The second-order valence-corrected chi connectivity index (χ2v) is 9.10. The summed E-state index contributed by atoms with van der Waals surface area (Å²) in [6.45, 7) is 1.46. The van der Waals surface area contributed by atoms with Crippen molar-refractivity contribution in [3.63, 3.8) is 0 Å². The number of nitrogens with zero attached hydrogens (tertiary/aromatic N) is 1. The van der Waals surface area contributed by atoms with Crippen LogP contribution in [0.3, 0.4) is 0 Å². The van der Waals surface area contributed by atoms with E-state index in [0.29, 0.717) is 22.3 Å². The molecule has 0 aromatic heterocycles. The quantitative estimate of drug-likeness (QED) is 0.366. The van der Waals surface area contributed by atoms with Gasteiger partial charge in [-0.2, -0.15) is 5.90 Å². The number of aliphatic carboxylic acids is 1. The maximum atomic E-state index is 12.5. The molecule has 2 atom stereocenters. The molecule has 9 nitrogen and oxygen atoms in total. The van der Waals surface area contributed by atoms with Crippen LogP contribution in [0, 0.1) is 0 Å². The first-order valence-corrected chi connectivity index (χ1v) is 11.4. The first-order chi connectivity index (χ1) is 16.2. The number of anilines is 1. The summed E-state index contributed by atoms with van der Waals surface area (Å²) in [5.41, 5.74) is 3.57. The van der Waals surface area contributed by atoms with Crippen LogP contribution in [-0.2, 0) is 21.0 Å². The number of urea groups is 1. The molecule has 1 aliphatic rings. The predicted molar refractivity (Wildman–Crippen MR) is 136 cm³/mol. The third-order valence-electron chi connectivity index (χ3n) is 5.62. The molecule has 0 aliphatic carbocycles. The van der Waals surface area contributed by atoms with E-state index in [2.05, 4.69) is 20.4 Å². The molecule has 1 aliphatic heterocycles. The number of rotatable bonds is 8. The molecule has 2 aromatic carbocycles. The van der Waals surface area contributed by atoms with E-state index in [9.17, 15) is 14.4 Å². The van der Waals surface area contributed by atoms with Gasteiger partial charge in [0.15, 0.2) is 0 Å². The third-order valence-corrected chi connectivity index (χ3v) is 6.18. The average molecular weight is 546 g/mol. The molecule has 0 saturated heterocycles. The number of benzene rings is 2. The fourth-order valence-electron chi connectivity index (χ4n) is 4.10. The molecule has 0 fully saturated rings. The molecule has 0 spiro atoms. The zero-order valence-corrected chi connectivity index (χ0v) is 21.3. The molecule has 2 amide bonds. The summed E-state index contributed by atoms with van der Waals surface area (Å²) in [6.07, 6.45) is -0.398. The molecule has 0 bridgehead atoms. The van der Waals surface area contributed by atoms with Gasteiger partial charge in [-0.25, -0.2) is 4.79 Å². The Morgan fingerprint density at radius 3 is 2.69 bits per heavy atom. The molecule has 5 N–H and O–H groups in total. The summed E-state index contributed by atoms with van der Waals surface area (Å²) in [6, 6.07) is 9.70. The molecule has 0 radical (unpaired) electrons. The van der Waals surface area contributed by atoms with Gasteiger partial charge in [-0.3, -0.25) is 9.59 Å². The van der Waals surface area contributed by atoms with E-state index in [1.165, 1.54) is 0 Å². The monoisotopic (exact) mass is 544 g/mol. The summed E-state index contributed by atoms with van der Waals surface area (Å²) >= 11 is 12.7. The van der Waals surface area contributed by atoms with Crippen LogP contribution in [-0.4, -0.2) is 47.6 Å². The molecule has 190 valence electrons. The van der Waals surface area contributed by atoms with Crippen molar-refractivity contribution in [3.05, 3.63) is 63.1 Å². The van der Waals surface area contributed by atoms with Crippen LogP contribution in [0.1, 0.15) is 41.9 Å². The molecule has 12 heteroatoms. The van der Waals surface area contributed by atoms with Crippen molar-refractivity contribution in [3.8, 4) is 0 Å². The largest absolute Gasteiger partial charge is 0.481 e. The van der Waals surface area contributed by atoms with Gasteiger partial charge in [0.25, 0.3) is 0 Å². The van der Waals surface area contributed by atoms with Gasteiger partial charge in [0.1, 0.15) is 0 Å². The minimum absolute atomic E-state index is 0. The number of nitrogens with one attached hydrogen (secondary N) is 2. The van der Waals surface area contributed by atoms with Crippen LogP contribution >= 0.6 is 35.6 Å². The van der Waals surface area contributed by atoms with Gasteiger partial charge >= 0.3 is 18.0 Å². The Kier molecular flexibility index (Phi) is 10.6. The van der Waals surface area contributed by atoms with Crippen LogP contribution in [0.15, 0.2) is 36.4 Å². The van der Waals surface area contributed by atoms with Crippen molar-refractivity contribution < 1.29 is 24.3 Å². The summed E-state index contributed by atoms with van der Waals surface area (Å²) in [7, 11) is 2.01. The van der Waals surface area contributed by atoms with Crippen molar-refractivity contribution in [2.75, 3.05) is 18.9 Å². The standard InChI is InChI=1S/C23H26Cl2N4O5.ClH/c1-29-11-18(17-8-14(24)9-20(25)19(17)12-29)13-3-2-4-15(7-13)27-23(33)28-16(10-21(30)31)5-6-22(32)34-26;/h2-4,7-9,16,18H,5-6,10-12,26H2,1H3,(H,30,31)(H2,27,28,33);1H/t16-,18?;/m0./s1. The maximum absolute atomic E-state index is 12.5. The SMILES string of the molecule is CN1Cc2c(Cl)cc(Cl)cc2C(c2cccc(NC(=O)N[C@@H](CCC(=O)ON)CC(=O)O)c2)C1.Cl. The highest BCUT2D eigenvalue weighted by molar-refractivity contribution is 6.35. The smallest absolute Gasteiger partial charge is 0.324 e. The van der Waals surface area contributed by atoms with Gasteiger partial charge in [0.05, 0.1) is 6.42 Å². The minimum Gasteiger partial charge on any atom is -0.481 e. The van der Waals surface area contributed by atoms with Crippen LogP contribution in [0.4, 0.5) is 10.5 Å². The zero-order valence-electron chi connectivity index (χ0n) is 18.9. The molecule has 1 unspecified atom stereocenters. The van der Waals surface area contributed by atoms with Crippen LogP contribution in [0.5, 0.6) is 0 Å². The van der Waals surface area contributed by atoms with Crippen molar-refractivity contribution in [1.82, 2.24) is 10.2 Å². The second-order valence-electron chi connectivity index (χ2n) is 8.25. The lowest BCUT2D eigenvalue weighted by molar-refractivity contribution is -0.145. The minimum atomic E-state index is -1.11. The van der Waals surface area contributed by atoms with Gasteiger partial charge in [-0.1, -0.05) is 35.3 Å². The number of likely N-dealkylation sites (N-methyl/N-ethyl adjacent to an activating group) is 1. The molecule has 1 heterocycles. The lowest BCUT2D eigenvalue weighted by atomic mass is 9.84. The van der Waals surface area contributed by atoms with E-state index in [1.807, 2.05) is 31.3 Å². The molecular formula is C23H27Cl3N4O5. The Hall–Kier alpha value is -2.56. The summed E-state index contributed by atoms with van der Waals surface area (Å²) in [4.78, 5) is 41.2. The fourth-order valence-corrected chi connectivity index (χ4v) is 4.67. The summed E-state index contributed by atoms with van der Waals surface area (Å²) in [5.74, 6) is 3.01. The van der Waals surface area contributed by atoms with Crippen LogP contribution < -0.4 is 16.5 Å². The van der Waals surface area contributed by atoms with E-state index in [0.717, 1.165) is 23.2 Å². The molecule has 0 saturated carbocycles. The van der Waals surface area contributed by atoms with E-state index < -0.39 is 24.0 Å². The van der Waals surface area contributed by atoms with Gasteiger partial charge in [0, 0.05) is 47.2 Å². The third kappa shape index (κ3) is 7.98. The van der Waals surface area contributed by atoms with Crippen molar-refractivity contribution >= 4 is 59.3 Å². The number of amides is 2. The van der Waals surface area contributed by atoms with Gasteiger partial charge in [-0.05, 0) is 54.4 Å². The average Bonchev–Trinajstić information content (AvgIpc) is 2.77. The number of hydrogen-bond acceptors (Lipinski definition) is 6. The predicted octanol–water partition coefficient (Wildman–Crippen LogP) is 4.15. The highest BCUT2D eigenvalue weighted by Crippen LogP contribution is 2.38. The number of nitrogens with two attached hydrogens (primary N) is 1. The van der Waals surface area contributed by atoms with E-state index in [1.54, 1.807) is 12.1 Å². The first-order valence-electron chi connectivity index (χ1n) is 10.6. The highest BCUT2D eigenvalue weighted by Gasteiger charge is 2.27. The number of carboxylic acid groups (broad SMARTS) is 1. The fraction of sp³-hybridized carbons (Fsp3) is 0.348. The van der Waals surface area contributed by atoms with Crippen molar-refractivity contribution in [1.29, 1.82) is 0 Å². The van der Waals surface area contributed by atoms with Crippen molar-refractivity contribution in [2.24, 2.45) is 5.90 Å². The Labute approximate surface area is 219 Å². The number of fused-ring (bicyclic) bond motifs is 1. The molecular weight excluding hydrogens is 519 g/mol. The summed E-state index contributed by atoms with van der Waals surface area (Å²) < 4.78 is 0. The van der Waals surface area contributed by atoms with Gasteiger partial charge < -0.3 is 25.5 Å². The number of carboxylic acids is 1. The number of hydrogen-bond donors (Lipinski definition) is 4. The van der Waals surface area contributed by atoms with Crippen LogP contribution in [0.25, 0.3) is 0 Å². The van der Waals surface area contributed by atoms with Gasteiger partial charge in [0.2, 0.25) is 0 Å². The Bertz CT molecular complexity index is 1090. The van der Waals surface area contributed by atoms with Crippen molar-refractivity contribution in [2.45, 2.75) is 37.8 Å². The molecule has 3 rings (SSSR count). The van der Waals surface area contributed by atoms with Gasteiger partial charge in [-0.15, -0.1) is 12.4 Å². The lowest BCUT2D eigenvalue weighted by Crippen LogP contribution is -2.39. The number of halogens is 3. The Balaban J connectivity index is 0.00000432. The molecule has 35 heavy (non-hydrogen) atoms.